The second-order valence-corrected chi connectivity index (χ2v) is 6.75. The van der Waals surface area contributed by atoms with Crippen molar-refractivity contribution in [1.82, 2.24) is 4.90 Å². The lowest BCUT2D eigenvalue weighted by Crippen LogP contribution is -2.40. The average molecular weight is 307 g/mol. The number of hydrogen-bond donors (Lipinski definition) is 1. The van der Waals surface area contributed by atoms with Crippen molar-refractivity contribution in [1.29, 1.82) is 0 Å². The summed E-state index contributed by atoms with van der Waals surface area (Å²) in [7, 11) is 0. The van der Waals surface area contributed by atoms with Gasteiger partial charge in [-0.3, -0.25) is 4.79 Å². The van der Waals surface area contributed by atoms with Crippen LogP contribution in [-0.2, 0) is 0 Å². The third-order valence-corrected chi connectivity index (χ3v) is 5.33. The summed E-state index contributed by atoms with van der Waals surface area (Å²) < 4.78 is 0. The first kappa shape index (κ1) is 14.7. The molecule has 1 amide bonds. The van der Waals surface area contributed by atoms with Gasteiger partial charge in [-0.1, -0.05) is 30.9 Å². The molecule has 0 bridgehead atoms. The number of nitrogens with zero attached hydrogens (tertiary/aromatic N) is 1. The number of benzene rings is 1. The molecule has 1 aromatic rings. The second kappa shape index (κ2) is 6.27. The summed E-state index contributed by atoms with van der Waals surface area (Å²) in [4.78, 5) is 14.9. The Morgan fingerprint density at radius 2 is 1.90 bits per heavy atom. The van der Waals surface area contributed by atoms with E-state index in [0.717, 1.165) is 19.4 Å². The van der Waals surface area contributed by atoms with E-state index in [9.17, 15) is 4.79 Å². The van der Waals surface area contributed by atoms with Crippen molar-refractivity contribution in [2.24, 2.45) is 5.92 Å². The molecule has 0 spiro atoms. The summed E-state index contributed by atoms with van der Waals surface area (Å²) in [6, 6.07) is 5.64. The molecule has 2 aliphatic rings. The predicted octanol–water partition coefficient (Wildman–Crippen LogP) is 4.11. The third kappa shape index (κ3) is 3.03. The van der Waals surface area contributed by atoms with Crippen LogP contribution in [0, 0.1) is 5.92 Å². The highest BCUT2D eigenvalue weighted by atomic mass is 35.5. The third-order valence-electron chi connectivity index (χ3n) is 5.00. The molecule has 1 heterocycles. The smallest absolute Gasteiger partial charge is 0.254 e. The molecule has 1 aliphatic carbocycles. The summed E-state index contributed by atoms with van der Waals surface area (Å²) in [6.45, 7) is 0.877. The van der Waals surface area contributed by atoms with E-state index in [1.807, 2.05) is 0 Å². The van der Waals surface area contributed by atoms with Gasteiger partial charge in [-0.05, 0) is 49.8 Å². The minimum absolute atomic E-state index is 0.116. The van der Waals surface area contributed by atoms with Crippen molar-refractivity contribution in [2.75, 3.05) is 12.3 Å². The predicted molar refractivity (Wildman–Crippen MR) is 86.5 cm³/mol. The summed E-state index contributed by atoms with van der Waals surface area (Å²) >= 11 is 6.05. The topological polar surface area (TPSA) is 46.3 Å². The summed E-state index contributed by atoms with van der Waals surface area (Å²) in [5.41, 5.74) is 6.92. The molecule has 2 fully saturated rings. The zero-order valence-corrected chi connectivity index (χ0v) is 13.1. The molecule has 0 aromatic heterocycles. The number of halogens is 1. The number of carbonyl (C=O) groups is 1. The number of nitrogen functional groups attached to an aromatic ring is 1. The van der Waals surface area contributed by atoms with E-state index in [1.165, 1.54) is 32.1 Å². The van der Waals surface area contributed by atoms with Gasteiger partial charge in [0, 0.05) is 18.2 Å². The SMILES string of the molecule is Nc1ccc(C(=O)N2CCCC2C2CCCCC2)cc1Cl. The minimum atomic E-state index is 0.116. The van der Waals surface area contributed by atoms with Crippen LogP contribution in [0.3, 0.4) is 0 Å². The van der Waals surface area contributed by atoms with Crippen molar-refractivity contribution >= 4 is 23.2 Å². The van der Waals surface area contributed by atoms with Crippen molar-refractivity contribution in [3.05, 3.63) is 28.8 Å². The number of carbonyl (C=O) groups excluding carboxylic acids is 1. The highest BCUT2D eigenvalue weighted by Crippen LogP contribution is 2.35. The Labute approximate surface area is 131 Å². The van der Waals surface area contributed by atoms with Crippen molar-refractivity contribution < 1.29 is 4.79 Å². The van der Waals surface area contributed by atoms with E-state index in [0.29, 0.717) is 28.2 Å². The highest BCUT2D eigenvalue weighted by molar-refractivity contribution is 6.33. The van der Waals surface area contributed by atoms with Gasteiger partial charge in [-0.2, -0.15) is 0 Å². The van der Waals surface area contributed by atoms with Crippen molar-refractivity contribution in [3.8, 4) is 0 Å². The molecule has 4 heteroatoms. The lowest BCUT2D eigenvalue weighted by molar-refractivity contribution is 0.0661. The normalized spacial score (nSPS) is 23.5. The molecule has 3 rings (SSSR count). The number of rotatable bonds is 2. The molecule has 3 nitrogen and oxygen atoms in total. The lowest BCUT2D eigenvalue weighted by Gasteiger charge is -2.34. The van der Waals surface area contributed by atoms with Crippen LogP contribution in [0.4, 0.5) is 5.69 Å². The fraction of sp³-hybridized carbons (Fsp3) is 0.588. The molecule has 1 aromatic carbocycles. The van der Waals surface area contributed by atoms with E-state index >= 15 is 0 Å². The van der Waals surface area contributed by atoms with Crippen molar-refractivity contribution in [3.63, 3.8) is 0 Å². The van der Waals surface area contributed by atoms with Crippen LogP contribution in [-0.4, -0.2) is 23.4 Å². The van der Waals surface area contributed by atoms with Crippen LogP contribution in [0.15, 0.2) is 18.2 Å². The molecular weight excluding hydrogens is 284 g/mol. The minimum Gasteiger partial charge on any atom is -0.398 e. The molecule has 1 saturated carbocycles. The summed E-state index contributed by atoms with van der Waals surface area (Å²) in [5, 5.41) is 0.467. The van der Waals surface area contributed by atoms with E-state index in [1.54, 1.807) is 18.2 Å². The summed E-state index contributed by atoms with van der Waals surface area (Å²) in [6.07, 6.45) is 8.81. The zero-order valence-electron chi connectivity index (χ0n) is 12.4. The van der Waals surface area contributed by atoms with Gasteiger partial charge in [0.05, 0.1) is 10.7 Å². The molecular formula is C17H23ClN2O. The number of amides is 1. The highest BCUT2D eigenvalue weighted by Gasteiger charge is 2.35. The van der Waals surface area contributed by atoms with Gasteiger partial charge < -0.3 is 10.6 Å². The van der Waals surface area contributed by atoms with Gasteiger partial charge in [0.25, 0.3) is 5.91 Å². The summed E-state index contributed by atoms with van der Waals surface area (Å²) in [5.74, 6) is 0.805. The molecule has 1 aliphatic heterocycles. The van der Waals surface area contributed by atoms with Crippen molar-refractivity contribution in [2.45, 2.75) is 51.0 Å². The van der Waals surface area contributed by atoms with Gasteiger partial charge in [0.2, 0.25) is 0 Å². The van der Waals surface area contributed by atoms with E-state index in [2.05, 4.69) is 4.90 Å². The maximum atomic E-state index is 12.8. The number of likely N-dealkylation sites (tertiary alicyclic amines) is 1. The maximum Gasteiger partial charge on any atom is 0.254 e. The van der Waals surface area contributed by atoms with Gasteiger partial charge in [0.1, 0.15) is 0 Å². The molecule has 21 heavy (non-hydrogen) atoms. The Morgan fingerprint density at radius 3 is 2.62 bits per heavy atom. The monoisotopic (exact) mass is 306 g/mol. The Kier molecular flexibility index (Phi) is 4.39. The van der Waals surface area contributed by atoms with Gasteiger partial charge in [-0.15, -0.1) is 0 Å². The quantitative estimate of drug-likeness (QED) is 0.836. The van der Waals surface area contributed by atoms with Crippen LogP contribution < -0.4 is 5.73 Å². The van der Waals surface area contributed by atoms with Crippen LogP contribution in [0.2, 0.25) is 5.02 Å². The van der Waals surface area contributed by atoms with Crippen LogP contribution in [0.1, 0.15) is 55.3 Å². The van der Waals surface area contributed by atoms with Gasteiger partial charge in [0.15, 0.2) is 0 Å². The molecule has 0 radical (unpaired) electrons. The number of nitrogens with two attached hydrogens (primary N) is 1. The first-order valence-electron chi connectivity index (χ1n) is 8.03. The van der Waals surface area contributed by atoms with Gasteiger partial charge in [-0.25, -0.2) is 0 Å². The van der Waals surface area contributed by atoms with Crippen LogP contribution in [0.25, 0.3) is 0 Å². The fourth-order valence-electron chi connectivity index (χ4n) is 3.88. The Bertz CT molecular complexity index is 526. The Balaban J connectivity index is 1.77. The molecule has 1 unspecified atom stereocenters. The second-order valence-electron chi connectivity index (χ2n) is 6.34. The van der Waals surface area contributed by atoms with E-state index in [-0.39, 0.29) is 5.91 Å². The van der Waals surface area contributed by atoms with Gasteiger partial charge >= 0.3 is 0 Å². The van der Waals surface area contributed by atoms with Crippen LogP contribution in [0.5, 0.6) is 0 Å². The lowest BCUT2D eigenvalue weighted by atomic mass is 9.83. The number of hydrogen-bond acceptors (Lipinski definition) is 2. The largest absolute Gasteiger partial charge is 0.398 e. The first-order valence-corrected chi connectivity index (χ1v) is 8.40. The molecule has 1 saturated heterocycles. The first-order chi connectivity index (χ1) is 10.2. The Morgan fingerprint density at radius 1 is 1.14 bits per heavy atom. The number of anilines is 1. The van der Waals surface area contributed by atoms with E-state index < -0.39 is 0 Å². The van der Waals surface area contributed by atoms with Crippen LogP contribution >= 0.6 is 11.6 Å². The zero-order chi connectivity index (χ0) is 14.8. The molecule has 114 valence electrons. The molecule has 1 atom stereocenters. The average Bonchev–Trinajstić information content (AvgIpc) is 2.99. The Hall–Kier alpha value is -1.22. The fourth-order valence-corrected chi connectivity index (χ4v) is 4.06. The molecule has 2 N–H and O–H groups in total. The maximum absolute atomic E-state index is 12.8. The van der Waals surface area contributed by atoms with E-state index in [4.69, 9.17) is 17.3 Å². The standard InChI is InChI=1S/C17H23ClN2O/c18-14-11-13(8-9-15(14)19)17(21)20-10-4-7-16(20)12-5-2-1-3-6-12/h8-9,11-12,16H,1-7,10,19H2.